The first-order valence-corrected chi connectivity index (χ1v) is 7.49. The van der Waals surface area contributed by atoms with Gasteiger partial charge in [-0.2, -0.15) is 0 Å². The Labute approximate surface area is 133 Å². The van der Waals surface area contributed by atoms with E-state index in [1.807, 2.05) is 42.5 Å². The summed E-state index contributed by atoms with van der Waals surface area (Å²) in [6, 6.07) is 13.3. The van der Waals surface area contributed by atoms with Gasteiger partial charge in [-0.15, -0.1) is 0 Å². The van der Waals surface area contributed by atoms with Gasteiger partial charge in [0.1, 0.15) is 11.3 Å². The fourth-order valence-corrected chi connectivity index (χ4v) is 2.64. The minimum absolute atomic E-state index is 0.676. The van der Waals surface area contributed by atoms with Crippen molar-refractivity contribution in [1.29, 1.82) is 0 Å². The van der Waals surface area contributed by atoms with Gasteiger partial charge in [-0.3, -0.25) is 4.98 Å². The summed E-state index contributed by atoms with van der Waals surface area (Å²) >= 11 is 6.83. The van der Waals surface area contributed by atoms with Gasteiger partial charge in [0.2, 0.25) is 0 Å². The maximum Gasteiger partial charge on any atom is 0.153 e. The molecule has 0 unspecified atom stereocenters. The van der Waals surface area contributed by atoms with Crippen LogP contribution in [-0.4, -0.2) is 4.98 Å². The highest BCUT2D eigenvalue weighted by atomic mass is 79.9. The molecule has 2 aromatic carbocycles. The molecule has 100 valence electrons. The molecule has 3 nitrogen and oxygen atoms in total. The van der Waals surface area contributed by atoms with Crippen molar-refractivity contribution in [2.45, 2.75) is 0 Å². The van der Waals surface area contributed by atoms with Crippen molar-refractivity contribution in [3.8, 4) is 11.5 Å². The van der Waals surface area contributed by atoms with E-state index in [9.17, 15) is 0 Å². The highest BCUT2D eigenvalue weighted by molar-refractivity contribution is 9.10. The Hall–Kier alpha value is -1.59. The molecule has 1 aromatic heterocycles. The number of halogens is 2. The molecule has 0 radical (unpaired) electrons. The van der Waals surface area contributed by atoms with E-state index in [0.29, 0.717) is 11.4 Å². The van der Waals surface area contributed by atoms with Crippen LogP contribution in [0.25, 0.3) is 10.9 Å². The average molecular weight is 394 g/mol. The number of hydrogen-bond donors (Lipinski definition) is 1. The number of benzene rings is 2. The van der Waals surface area contributed by atoms with Gasteiger partial charge in [0.05, 0.1) is 0 Å². The van der Waals surface area contributed by atoms with Gasteiger partial charge >= 0.3 is 0 Å². The lowest BCUT2D eigenvalue weighted by Gasteiger charge is -2.10. The zero-order valence-electron chi connectivity index (χ0n) is 10.3. The number of nitrogens with two attached hydrogens (primary N) is 1. The third-order valence-electron chi connectivity index (χ3n) is 2.84. The number of ether oxygens (including phenoxy) is 1. The van der Waals surface area contributed by atoms with Gasteiger partial charge in [-0.05, 0) is 52.3 Å². The number of pyridine rings is 1. The molecule has 0 saturated heterocycles. The Morgan fingerprint density at radius 1 is 1.00 bits per heavy atom. The van der Waals surface area contributed by atoms with E-state index < -0.39 is 0 Å². The molecule has 0 aliphatic rings. The Morgan fingerprint density at radius 3 is 2.65 bits per heavy atom. The van der Waals surface area contributed by atoms with Crippen LogP contribution in [0.5, 0.6) is 11.5 Å². The SMILES string of the molecule is Nc1ccc(Oc2cccc(Br)c2)c2ncc(Br)cc12. The zero-order valence-corrected chi connectivity index (χ0v) is 13.5. The molecule has 5 heteroatoms. The van der Waals surface area contributed by atoms with Crippen molar-refractivity contribution in [1.82, 2.24) is 4.98 Å². The molecule has 0 aliphatic carbocycles. The number of rotatable bonds is 2. The van der Waals surface area contributed by atoms with Crippen molar-refractivity contribution in [2.24, 2.45) is 0 Å². The second-order valence-corrected chi connectivity index (χ2v) is 6.09. The third-order valence-corrected chi connectivity index (χ3v) is 3.76. The van der Waals surface area contributed by atoms with Crippen LogP contribution in [0.1, 0.15) is 0 Å². The van der Waals surface area contributed by atoms with Crippen molar-refractivity contribution < 1.29 is 4.74 Å². The fourth-order valence-electron chi connectivity index (χ4n) is 1.93. The smallest absolute Gasteiger partial charge is 0.153 e. The van der Waals surface area contributed by atoms with Crippen LogP contribution >= 0.6 is 31.9 Å². The number of nitrogen functional groups attached to an aromatic ring is 1. The standard InChI is InChI=1S/C15H10Br2N2O/c16-9-2-1-3-11(6-9)20-14-5-4-13(18)12-7-10(17)8-19-15(12)14/h1-8H,18H2. The van der Waals surface area contributed by atoms with Crippen LogP contribution in [0.4, 0.5) is 5.69 Å². The lowest BCUT2D eigenvalue weighted by Crippen LogP contribution is -1.92. The van der Waals surface area contributed by atoms with E-state index in [-0.39, 0.29) is 0 Å². The molecular weight excluding hydrogens is 384 g/mol. The lowest BCUT2D eigenvalue weighted by molar-refractivity contribution is 0.487. The van der Waals surface area contributed by atoms with E-state index in [0.717, 1.165) is 25.6 Å². The highest BCUT2D eigenvalue weighted by Gasteiger charge is 2.08. The number of anilines is 1. The maximum absolute atomic E-state index is 5.99. The molecule has 0 amide bonds. The first kappa shape index (κ1) is 13.4. The minimum Gasteiger partial charge on any atom is -0.455 e. The number of aromatic nitrogens is 1. The maximum atomic E-state index is 5.99. The monoisotopic (exact) mass is 392 g/mol. The second-order valence-electron chi connectivity index (χ2n) is 4.26. The van der Waals surface area contributed by atoms with Crippen LogP contribution in [0.3, 0.4) is 0 Å². The first-order chi connectivity index (χ1) is 9.63. The summed E-state index contributed by atoms with van der Waals surface area (Å²) in [5.74, 6) is 1.43. The van der Waals surface area contributed by atoms with E-state index in [2.05, 4.69) is 36.8 Å². The summed E-state index contributed by atoms with van der Waals surface area (Å²) in [5, 5.41) is 0.867. The van der Waals surface area contributed by atoms with Crippen LogP contribution in [0.15, 0.2) is 57.6 Å². The van der Waals surface area contributed by atoms with Gasteiger partial charge in [0, 0.05) is 26.2 Å². The minimum atomic E-state index is 0.676. The first-order valence-electron chi connectivity index (χ1n) is 5.90. The van der Waals surface area contributed by atoms with Crippen molar-refractivity contribution >= 4 is 48.5 Å². The van der Waals surface area contributed by atoms with Crippen LogP contribution in [0, 0.1) is 0 Å². The summed E-state index contributed by atoms with van der Waals surface area (Å²) in [6.45, 7) is 0. The quantitative estimate of drug-likeness (QED) is 0.613. The Kier molecular flexibility index (Phi) is 3.63. The Balaban J connectivity index is 2.10. The molecule has 0 fully saturated rings. The van der Waals surface area contributed by atoms with Crippen molar-refractivity contribution in [3.63, 3.8) is 0 Å². The van der Waals surface area contributed by atoms with E-state index in [1.165, 1.54) is 0 Å². The number of hydrogen-bond acceptors (Lipinski definition) is 3. The molecule has 0 aliphatic heterocycles. The summed E-state index contributed by atoms with van der Waals surface area (Å²) in [7, 11) is 0. The van der Waals surface area contributed by atoms with Gasteiger partial charge in [0.25, 0.3) is 0 Å². The second kappa shape index (κ2) is 5.42. The van der Waals surface area contributed by atoms with E-state index in [1.54, 1.807) is 6.20 Å². The normalized spacial score (nSPS) is 10.7. The Morgan fingerprint density at radius 2 is 1.85 bits per heavy atom. The van der Waals surface area contributed by atoms with E-state index >= 15 is 0 Å². The molecule has 3 rings (SSSR count). The molecule has 0 spiro atoms. The van der Waals surface area contributed by atoms with E-state index in [4.69, 9.17) is 10.5 Å². The molecule has 0 saturated carbocycles. The predicted molar refractivity (Wildman–Crippen MR) is 88.1 cm³/mol. The molecule has 0 atom stereocenters. The Bertz CT molecular complexity index is 790. The average Bonchev–Trinajstić information content (AvgIpc) is 2.42. The number of nitrogens with zero attached hydrogens (tertiary/aromatic N) is 1. The van der Waals surface area contributed by atoms with Gasteiger partial charge in [-0.1, -0.05) is 22.0 Å². The predicted octanol–water partition coefficient (Wildman–Crippen LogP) is 5.13. The molecular formula is C15H10Br2N2O. The molecule has 0 bridgehead atoms. The van der Waals surface area contributed by atoms with Gasteiger partial charge in [-0.25, -0.2) is 0 Å². The lowest BCUT2D eigenvalue weighted by atomic mass is 10.1. The zero-order chi connectivity index (χ0) is 14.1. The van der Waals surface area contributed by atoms with Crippen LogP contribution in [-0.2, 0) is 0 Å². The summed E-state index contributed by atoms with van der Waals surface area (Å²) in [5.41, 5.74) is 7.41. The molecule has 3 aromatic rings. The van der Waals surface area contributed by atoms with Crippen molar-refractivity contribution in [3.05, 3.63) is 57.6 Å². The summed E-state index contributed by atoms with van der Waals surface area (Å²) < 4.78 is 7.75. The fraction of sp³-hybridized carbons (Fsp3) is 0. The largest absolute Gasteiger partial charge is 0.455 e. The van der Waals surface area contributed by atoms with Gasteiger partial charge in [0.15, 0.2) is 5.75 Å². The van der Waals surface area contributed by atoms with Gasteiger partial charge < -0.3 is 10.5 Å². The van der Waals surface area contributed by atoms with Crippen LogP contribution in [0.2, 0.25) is 0 Å². The summed E-state index contributed by atoms with van der Waals surface area (Å²) in [4.78, 5) is 4.40. The van der Waals surface area contributed by atoms with Crippen molar-refractivity contribution in [2.75, 3.05) is 5.73 Å². The highest BCUT2D eigenvalue weighted by Crippen LogP contribution is 2.33. The van der Waals surface area contributed by atoms with Crippen LogP contribution < -0.4 is 10.5 Å². The summed E-state index contributed by atoms with van der Waals surface area (Å²) in [6.07, 6.45) is 1.73. The third kappa shape index (κ3) is 2.64. The number of fused-ring (bicyclic) bond motifs is 1. The topological polar surface area (TPSA) is 48.1 Å². The molecule has 1 heterocycles. The molecule has 2 N–H and O–H groups in total. The molecule has 20 heavy (non-hydrogen) atoms.